The Morgan fingerprint density at radius 3 is 2.18 bits per heavy atom. The second-order valence-electron chi connectivity index (χ2n) is 6.68. The molecule has 1 atom stereocenters. The summed E-state index contributed by atoms with van der Waals surface area (Å²) < 4.78 is 17.1. The van der Waals surface area contributed by atoms with Crippen LogP contribution in [0.1, 0.15) is 63.2 Å². The first-order chi connectivity index (χ1) is 13.5. The number of amides is 1. The van der Waals surface area contributed by atoms with E-state index < -0.39 is 5.97 Å². The number of ether oxygens (including phenoxy) is 3. The lowest BCUT2D eigenvalue weighted by molar-refractivity contribution is -0.137. The molecule has 7 heteroatoms. The molecule has 1 aliphatic heterocycles. The van der Waals surface area contributed by atoms with E-state index in [4.69, 9.17) is 19.3 Å². The number of rotatable bonds is 10. The second-order valence-corrected chi connectivity index (χ2v) is 6.68. The van der Waals surface area contributed by atoms with Gasteiger partial charge in [-0.1, -0.05) is 0 Å². The normalized spacial score (nSPS) is 16.5. The van der Waals surface area contributed by atoms with Gasteiger partial charge in [0.1, 0.15) is 0 Å². The number of aliphatic carboxylic acids is 1. The van der Waals surface area contributed by atoms with Crippen LogP contribution >= 0.6 is 0 Å². The third-order valence-corrected chi connectivity index (χ3v) is 4.74. The Kier molecular flexibility index (Phi) is 8.42. The predicted octanol–water partition coefficient (Wildman–Crippen LogP) is 3.74. The van der Waals surface area contributed by atoms with Crippen LogP contribution < -0.4 is 14.2 Å². The SMILES string of the molecule is CCOc1cc(C(=O)N2CCCCC2CCC(=O)O)cc(OCC)c1OCC. The van der Waals surface area contributed by atoms with Crippen LogP contribution in [0, 0.1) is 0 Å². The summed E-state index contributed by atoms with van der Waals surface area (Å²) in [6, 6.07) is 3.33. The Morgan fingerprint density at radius 2 is 1.64 bits per heavy atom. The van der Waals surface area contributed by atoms with Crippen molar-refractivity contribution in [1.82, 2.24) is 4.90 Å². The fraction of sp³-hybridized carbons (Fsp3) is 0.619. The average molecular weight is 393 g/mol. The van der Waals surface area contributed by atoms with E-state index in [-0.39, 0.29) is 18.4 Å². The fourth-order valence-electron chi connectivity index (χ4n) is 3.54. The number of piperidine rings is 1. The van der Waals surface area contributed by atoms with Crippen LogP contribution in [0.5, 0.6) is 17.2 Å². The first-order valence-corrected chi connectivity index (χ1v) is 10.1. The number of benzene rings is 1. The van der Waals surface area contributed by atoms with Gasteiger partial charge in [0.15, 0.2) is 11.5 Å². The third kappa shape index (κ3) is 5.53. The summed E-state index contributed by atoms with van der Waals surface area (Å²) in [6.45, 7) is 7.59. The van der Waals surface area contributed by atoms with Crippen molar-refractivity contribution in [2.24, 2.45) is 0 Å². The smallest absolute Gasteiger partial charge is 0.303 e. The van der Waals surface area contributed by atoms with E-state index in [0.717, 1.165) is 19.3 Å². The predicted molar refractivity (Wildman–Crippen MR) is 105 cm³/mol. The summed E-state index contributed by atoms with van der Waals surface area (Å²) in [4.78, 5) is 26.0. The standard InChI is InChI=1S/C21H31NO6/c1-4-26-17-13-15(14-18(27-5-2)20(17)28-6-3)21(25)22-12-8-7-9-16(22)10-11-19(23)24/h13-14,16H,4-12H2,1-3H3,(H,23,24). The molecule has 1 aliphatic rings. The topological polar surface area (TPSA) is 85.3 Å². The van der Waals surface area contributed by atoms with Crippen LogP contribution in [-0.4, -0.2) is 54.3 Å². The quantitative estimate of drug-likeness (QED) is 0.652. The van der Waals surface area contributed by atoms with Gasteiger partial charge in [0, 0.05) is 24.6 Å². The van der Waals surface area contributed by atoms with Gasteiger partial charge in [0.2, 0.25) is 5.75 Å². The number of hydrogen-bond donors (Lipinski definition) is 1. The van der Waals surface area contributed by atoms with Gasteiger partial charge in [0.25, 0.3) is 5.91 Å². The number of hydrogen-bond acceptors (Lipinski definition) is 5. The van der Waals surface area contributed by atoms with Crippen molar-refractivity contribution in [2.75, 3.05) is 26.4 Å². The summed E-state index contributed by atoms with van der Waals surface area (Å²) in [5, 5.41) is 9.01. The van der Waals surface area contributed by atoms with Gasteiger partial charge in [-0.05, 0) is 58.6 Å². The second kappa shape index (κ2) is 10.8. The van der Waals surface area contributed by atoms with Crippen molar-refractivity contribution >= 4 is 11.9 Å². The van der Waals surface area contributed by atoms with Gasteiger partial charge in [-0.15, -0.1) is 0 Å². The van der Waals surface area contributed by atoms with Gasteiger partial charge in [-0.3, -0.25) is 9.59 Å². The highest BCUT2D eigenvalue weighted by Crippen LogP contribution is 2.40. The monoisotopic (exact) mass is 393 g/mol. The highest BCUT2D eigenvalue weighted by atomic mass is 16.5. The molecule has 1 aromatic carbocycles. The van der Waals surface area contributed by atoms with Crippen molar-refractivity contribution in [1.29, 1.82) is 0 Å². The zero-order valence-corrected chi connectivity index (χ0v) is 17.0. The van der Waals surface area contributed by atoms with Crippen LogP contribution in [0.2, 0.25) is 0 Å². The molecule has 1 unspecified atom stereocenters. The average Bonchev–Trinajstić information content (AvgIpc) is 2.68. The van der Waals surface area contributed by atoms with Gasteiger partial charge in [-0.2, -0.15) is 0 Å². The number of carboxylic acid groups (broad SMARTS) is 1. The van der Waals surface area contributed by atoms with Gasteiger partial charge in [-0.25, -0.2) is 0 Å². The maximum absolute atomic E-state index is 13.3. The fourth-order valence-corrected chi connectivity index (χ4v) is 3.54. The molecule has 1 amide bonds. The molecule has 0 aliphatic carbocycles. The van der Waals surface area contributed by atoms with Crippen LogP contribution in [-0.2, 0) is 4.79 Å². The molecular formula is C21H31NO6. The third-order valence-electron chi connectivity index (χ3n) is 4.74. The van der Waals surface area contributed by atoms with E-state index in [1.807, 2.05) is 20.8 Å². The van der Waals surface area contributed by atoms with Crippen molar-refractivity contribution in [3.05, 3.63) is 17.7 Å². The Labute approximate surface area is 166 Å². The van der Waals surface area contributed by atoms with Gasteiger partial charge in [0.05, 0.1) is 19.8 Å². The minimum atomic E-state index is -0.837. The molecule has 0 saturated carbocycles. The van der Waals surface area contributed by atoms with Crippen LogP contribution in [0.25, 0.3) is 0 Å². The molecular weight excluding hydrogens is 362 g/mol. The molecule has 156 valence electrons. The van der Waals surface area contributed by atoms with Crippen molar-refractivity contribution in [3.63, 3.8) is 0 Å². The molecule has 1 fully saturated rings. The minimum Gasteiger partial charge on any atom is -0.490 e. The van der Waals surface area contributed by atoms with Gasteiger partial charge >= 0.3 is 5.97 Å². The number of carbonyl (C=O) groups is 2. The Hall–Kier alpha value is -2.44. The minimum absolute atomic E-state index is 0.0602. The number of carboxylic acids is 1. The molecule has 1 aromatic rings. The summed E-state index contributed by atoms with van der Waals surface area (Å²) in [7, 11) is 0. The Morgan fingerprint density at radius 1 is 1.04 bits per heavy atom. The highest BCUT2D eigenvalue weighted by Gasteiger charge is 2.29. The highest BCUT2D eigenvalue weighted by molar-refractivity contribution is 5.96. The largest absolute Gasteiger partial charge is 0.490 e. The lowest BCUT2D eigenvalue weighted by Gasteiger charge is -2.36. The van der Waals surface area contributed by atoms with Crippen LogP contribution in [0.4, 0.5) is 0 Å². The molecule has 0 bridgehead atoms. The van der Waals surface area contributed by atoms with E-state index in [0.29, 0.717) is 55.6 Å². The van der Waals surface area contributed by atoms with E-state index in [1.54, 1.807) is 17.0 Å². The van der Waals surface area contributed by atoms with Crippen molar-refractivity contribution < 1.29 is 28.9 Å². The maximum atomic E-state index is 13.3. The maximum Gasteiger partial charge on any atom is 0.303 e. The van der Waals surface area contributed by atoms with E-state index in [2.05, 4.69) is 0 Å². The molecule has 0 aromatic heterocycles. The number of likely N-dealkylation sites (tertiary alicyclic amines) is 1. The lowest BCUT2D eigenvalue weighted by Crippen LogP contribution is -2.44. The van der Waals surface area contributed by atoms with Crippen molar-refractivity contribution in [2.45, 2.75) is 58.9 Å². The Bertz CT molecular complexity index is 648. The Balaban J connectivity index is 2.34. The van der Waals surface area contributed by atoms with Crippen LogP contribution in [0.15, 0.2) is 12.1 Å². The summed E-state index contributed by atoms with van der Waals surface area (Å²) in [6.07, 6.45) is 3.28. The summed E-state index contributed by atoms with van der Waals surface area (Å²) in [5.74, 6) is 0.510. The zero-order chi connectivity index (χ0) is 20.5. The summed E-state index contributed by atoms with van der Waals surface area (Å²) >= 11 is 0. The van der Waals surface area contributed by atoms with Gasteiger partial charge < -0.3 is 24.2 Å². The summed E-state index contributed by atoms with van der Waals surface area (Å²) in [5.41, 5.74) is 0.470. The molecule has 0 spiro atoms. The molecule has 1 saturated heterocycles. The first-order valence-electron chi connectivity index (χ1n) is 10.1. The molecule has 1 N–H and O–H groups in total. The molecule has 28 heavy (non-hydrogen) atoms. The van der Waals surface area contributed by atoms with Crippen molar-refractivity contribution in [3.8, 4) is 17.2 Å². The van der Waals surface area contributed by atoms with E-state index in [9.17, 15) is 9.59 Å². The zero-order valence-electron chi connectivity index (χ0n) is 17.0. The molecule has 0 radical (unpaired) electrons. The molecule has 7 nitrogen and oxygen atoms in total. The molecule has 1 heterocycles. The van der Waals surface area contributed by atoms with Crippen LogP contribution in [0.3, 0.4) is 0 Å². The first kappa shape index (κ1) is 21.9. The number of nitrogens with zero attached hydrogens (tertiary/aromatic N) is 1. The van der Waals surface area contributed by atoms with E-state index in [1.165, 1.54) is 0 Å². The molecule has 2 rings (SSSR count). The number of carbonyl (C=O) groups excluding carboxylic acids is 1. The van der Waals surface area contributed by atoms with E-state index >= 15 is 0 Å². The lowest BCUT2D eigenvalue weighted by atomic mass is 9.96.